The molecule has 4 rings (SSSR count). The van der Waals surface area contributed by atoms with Gasteiger partial charge < -0.3 is 15.8 Å². The van der Waals surface area contributed by atoms with Crippen LogP contribution in [0.15, 0.2) is 66.0 Å². The van der Waals surface area contributed by atoms with Gasteiger partial charge in [-0.05, 0) is 49.3 Å². The highest BCUT2D eigenvalue weighted by atomic mass is 32.2. The molecule has 140 valence electrons. The summed E-state index contributed by atoms with van der Waals surface area (Å²) in [5, 5.41) is 10.00. The van der Waals surface area contributed by atoms with Crippen molar-refractivity contribution in [3.05, 3.63) is 61.1 Å². The van der Waals surface area contributed by atoms with Gasteiger partial charge in [-0.1, -0.05) is 12.1 Å². The van der Waals surface area contributed by atoms with Crippen LogP contribution in [0.2, 0.25) is 0 Å². The molecule has 0 unspecified atom stereocenters. The number of nitrogens with one attached hydrogen (secondary N) is 2. The lowest BCUT2D eigenvalue weighted by atomic mass is 10.1. The molecule has 0 spiro atoms. The third kappa shape index (κ3) is 3.55. The van der Waals surface area contributed by atoms with Gasteiger partial charge in [0.15, 0.2) is 11.6 Å². The van der Waals surface area contributed by atoms with Crippen LogP contribution in [0, 0.1) is 0 Å². The molecule has 5 N–H and O–H groups in total. The summed E-state index contributed by atoms with van der Waals surface area (Å²) in [5.74, 6) is 0.730. The zero-order chi connectivity index (χ0) is 19.5. The van der Waals surface area contributed by atoms with Gasteiger partial charge in [-0.2, -0.15) is 0 Å². The van der Waals surface area contributed by atoms with Crippen molar-refractivity contribution < 1.29 is 5.11 Å². The van der Waals surface area contributed by atoms with Crippen molar-refractivity contribution >= 4 is 17.8 Å². The van der Waals surface area contributed by atoms with Gasteiger partial charge >= 0.3 is 0 Å². The number of nitrogens with two attached hydrogens (primary N) is 1. The lowest BCUT2D eigenvalue weighted by Crippen LogP contribution is -1.92. The number of aromatic amines is 1. The van der Waals surface area contributed by atoms with Gasteiger partial charge in [-0.25, -0.2) is 9.97 Å². The second-order valence-corrected chi connectivity index (χ2v) is 7.09. The highest BCUT2D eigenvalue weighted by Crippen LogP contribution is 2.35. The highest BCUT2D eigenvalue weighted by Gasteiger charge is 2.17. The summed E-state index contributed by atoms with van der Waals surface area (Å²) in [6.07, 6.45) is 5.05. The largest absolute Gasteiger partial charge is 0.504 e. The van der Waals surface area contributed by atoms with E-state index in [1.54, 1.807) is 24.7 Å². The maximum absolute atomic E-state index is 10.00. The number of aromatic hydroxyl groups is 1. The summed E-state index contributed by atoms with van der Waals surface area (Å²) in [6, 6.07) is 13.4. The van der Waals surface area contributed by atoms with Crippen LogP contribution in [-0.4, -0.2) is 32.1 Å². The quantitative estimate of drug-likeness (QED) is 0.384. The van der Waals surface area contributed by atoms with E-state index in [4.69, 9.17) is 10.7 Å². The molecule has 28 heavy (non-hydrogen) atoms. The maximum Gasteiger partial charge on any atom is 0.165 e. The van der Waals surface area contributed by atoms with Crippen LogP contribution in [0.1, 0.15) is 0 Å². The van der Waals surface area contributed by atoms with Gasteiger partial charge in [0.25, 0.3) is 0 Å². The normalized spacial score (nSPS) is 10.9. The molecule has 0 aliphatic heterocycles. The fraction of sp³-hybridized carbons (Fsp3) is 0.0500. The number of anilines is 1. The summed E-state index contributed by atoms with van der Waals surface area (Å²) in [4.78, 5) is 17.4. The topological polar surface area (TPSA) is 113 Å². The average molecular weight is 390 g/mol. The molecule has 0 radical (unpaired) electrons. The maximum atomic E-state index is 10.00. The van der Waals surface area contributed by atoms with Crippen molar-refractivity contribution in [2.24, 2.45) is 0 Å². The lowest BCUT2D eigenvalue weighted by Gasteiger charge is -2.04. The molecule has 0 saturated carbocycles. The van der Waals surface area contributed by atoms with Crippen LogP contribution in [0.25, 0.3) is 33.9 Å². The van der Waals surface area contributed by atoms with Crippen LogP contribution in [0.5, 0.6) is 5.75 Å². The predicted molar refractivity (Wildman–Crippen MR) is 111 cm³/mol. The molecule has 0 aliphatic carbocycles. The van der Waals surface area contributed by atoms with E-state index in [0.717, 1.165) is 27.5 Å². The van der Waals surface area contributed by atoms with E-state index < -0.39 is 0 Å². The number of H-pyrrole nitrogens is 1. The summed E-state index contributed by atoms with van der Waals surface area (Å²) < 4.78 is 3.07. The molecule has 3 aromatic heterocycles. The van der Waals surface area contributed by atoms with Crippen LogP contribution in [0.3, 0.4) is 0 Å². The van der Waals surface area contributed by atoms with Crippen molar-refractivity contribution in [2.75, 3.05) is 12.8 Å². The van der Waals surface area contributed by atoms with Crippen molar-refractivity contribution in [1.82, 2.24) is 24.7 Å². The van der Waals surface area contributed by atoms with Crippen LogP contribution < -0.4 is 10.5 Å². The Bertz CT molecular complexity index is 1110. The first kappa shape index (κ1) is 18.0. The molecule has 1 aromatic carbocycles. The Balaban J connectivity index is 1.87. The number of nitrogen functional groups attached to an aromatic ring is 1. The Morgan fingerprint density at radius 1 is 1.07 bits per heavy atom. The monoisotopic (exact) mass is 390 g/mol. The number of hydrogen-bond donors (Lipinski definition) is 4. The van der Waals surface area contributed by atoms with Gasteiger partial charge in [0.1, 0.15) is 5.82 Å². The third-order valence-electron chi connectivity index (χ3n) is 4.17. The standard InChI is InChI=1S/C20H18N6OS/c1-22-28-15-4-2-3-13(9-15)20-25-17(12-5-7-23-8-6-12)18(26-20)14-10-16(27)19(21)24-11-14/h2-11,22,27H,1H3,(H2,21,24)(H,25,26). The molecular weight excluding hydrogens is 372 g/mol. The Morgan fingerprint density at radius 2 is 1.89 bits per heavy atom. The zero-order valence-corrected chi connectivity index (χ0v) is 15.9. The van der Waals surface area contributed by atoms with E-state index >= 15 is 0 Å². The smallest absolute Gasteiger partial charge is 0.165 e. The van der Waals surface area contributed by atoms with E-state index in [2.05, 4.69) is 25.7 Å². The summed E-state index contributed by atoms with van der Waals surface area (Å²) in [5.41, 5.74) is 9.70. The highest BCUT2D eigenvalue weighted by molar-refractivity contribution is 7.97. The van der Waals surface area contributed by atoms with E-state index in [-0.39, 0.29) is 11.6 Å². The summed E-state index contributed by atoms with van der Waals surface area (Å²) in [7, 11) is 1.88. The molecule has 0 aliphatic rings. The third-order valence-corrected chi connectivity index (χ3v) is 4.86. The van der Waals surface area contributed by atoms with Gasteiger partial charge in [-0.3, -0.25) is 9.71 Å². The average Bonchev–Trinajstić information content (AvgIpc) is 3.17. The molecule has 8 heteroatoms. The van der Waals surface area contributed by atoms with E-state index in [1.807, 2.05) is 37.4 Å². The lowest BCUT2D eigenvalue weighted by molar-refractivity contribution is 0.476. The first-order valence-corrected chi connectivity index (χ1v) is 9.36. The number of rotatable bonds is 5. The molecule has 7 nitrogen and oxygen atoms in total. The second kappa shape index (κ2) is 7.71. The molecule has 3 heterocycles. The molecule has 4 aromatic rings. The van der Waals surface area contributed by atoms with Gasteiger partial charge in [-0.15, -0.1) is 0 Å². The summed E-state index contributed by atoms with van der Waals surface area (Å²) in [6.45, 7) is 0. The second-order valence-electron chi connectivity index (χ2n) is 6.01. The van der Waals surface area contributed by atoms with Crippen molar-refractivity contribution in [1.29, 1.82) is 0 Å². The molecule has 0 fully saturated rings. The van der Waals surface area contributed by atoms with E-state index in [9.17, 15) is 5.11 Å². The Labute approximate surface area is 166 Å². The fourth-order valence-corrected chi connectivity index (χ4v) is 3.43. The number of pyridine rings is 2. The van der Waals surface area contributed by atoms with Crippen molar-refractivity contribution in [2.45, 2.75) is 4.90 Å². The molecule has 0 atom stereocenters. The minimum absolute atomic E-state index is 0.0739. The number of benzene rings is 1. The zero-order valence-electron chi connectivity index (χ0n) is 15.0. The van der Waals surface area contributed by atoms with E-state index in [0.29, 0.717) is 11.3 Å². The molecule has 0 saturated heterocycles. The number of imidazole rings is 1. The first-order chi connectivity index (χ1) is 13.7. The fourth-order valence-electron chi connectivity index (χ4n) is 2.86. The summed E-state index contributed by atoms with van der Waals surface area (Å²) >= 11 is 1.53. The SMILES string of the molecule is CNSc1cccc(-c2nc(-c3cnc(N)c(O)c3)c(-c3ccncc3)[nH]2)c1. The Hall–Kier alpha value is -3.36. The van der Waals surface area contributed by atoms with Crippen LogP contribution in [-0.2, 0) is 0 Å². The van der Waals surface area contributed by atoms with E-state index in [1.165, 1.54) is 11.9 Å². The number of nitrogens with zero attached hydrogens (tertiary/aromatic N) is 3. The number of aromatic nitrogens is 4. The van der Waals surface area contributed by atoms with Crippen molar-refractivity contribution in [3.8, 4) is 39.7 Å². The Kier molecular flexibility index (Phi) is 4.96. The van der Waals surface area contributed by atoms with Gasteiger partial charge in [0.05, 0.1) is 11.4 Å². The predicted octanol–water partition coefficient (Wildman–Crippen LogP) is 3.72. The van der Waals surface area contributed by atoms with Gasteiger partial charge in [0.2, 0.25) is 0 Å². The van der Waals surface area contributed by atoms with Crippen molar-refractivity contribution in [3.63, 3.8) is 0 Å². The molecular formula is C20H18N6OS. The molecule has 0 amide bonds. The first-order valence-electron chi connectivity index (χ1n) is 8.55. The number of hydrogen-bond acceptors (Lipinski definition) is 7. The van der Waals surface area contributed by atoms with Crippen LogP contribution in [0.4, 0.5) is 5.82 Å². The minimum Gasteiger partial charge on any atom is -0.504 e. The minimum atomic E-state index is -0.0739. The van der Waals surface area contributed by atoms with Crippen LogP contribution >= 0.6 is 11.9 Å². The Morgan fingerprint density at radius 3 is 2.64 bits per heavy atom. The van der Waals surface area contributed by atoms with Gasteiger partial charge in [0, 0.05) is 40.2 Å². The molecule has 0 bridgehead atoms.